The zero-order chi connectivity index (χ0) is 22.7. The summed E-state index contributed by atoms with van der Waals surface area (Å²) in [5, 5.41) is 0. The zero-order valence-electron chi connectivity index (χ0n) is 19.5. The van der Waals surface area contributed by atoms with Crippen LogP contribution in [0.5, 0.6) is 5.75 Å². The summed E-state index contributed by atoms with van der Waals surface area (Å²) >= 11 is 0. The smallest absolute Gasteiger partial charge is 0.226 e. The molecule has 1 atom stereocenters. The van der Waals surface area contributed by atoms with Gasteiger partial charge < -0.3 is 14.5 Å². The molecule has 0 aromatic heterocycles. The van der Waals surface area contributed by atoms with Crippen molar-refractivity contribution in [3.8, 4) is 5.75 Å². The third-order valence-electron chi connectivity index (χ3n) is 7.12. The highest BCUT2D eigenvalue weighted by atomic mass is 19.1. The highest BCUT2D eigenvalue weighted by molar-refractivity contribution is 5.80. The Kier molecular flexibility index (Phi) is 7.14. The maximum Gasteiger partial charge on any atom is 0.226 e. The number of para-hydroxylation sites is 1. The van der Waals surface area contributed by atoms with E-state index in [1.807, 2.05) is 18.2 Å². The van der Waals surface area contributed by atoms with Crippen LogP contribution < -0.4 is 4.74 Å². The van der Waals surface area contributed by atoms with Crippen molar-refractivity contribution in [3.05, 3.63) is 65.0 Å². The molecule has 2 heterocycles. The van der Waals surface area contributed by atoms with Crippen LogP contribution in [0, 0.1) is 17.7 Å². The molecule has 0 spiro atoms. The van der Waals surface area contributed by atoms with Crippen molar-refractivity contribution in [3.63, 3.8) is 0 Å². The Morgan fingerprint density at radius 1 is 1.12 bits per heavy atom. The number of carbonyl (C=O) groups excluding carboxylic acids is 1. The largest absolute Gasteiger partial charge is 0.496 e. The van der Waals surface area contributed by atoms with Gasteiger partial charge >= 0.3 is 0 Å². The SMILES string of the molecule is COc1ccccc1CCN1CCC(C(=O)N2CCc3cc(F)ccc3C2C(C)C)CC1. The van der Waals surface area contributed by atoms with Gasteiger partial charge in [0.15, 0.2) is 0 Å². The third-order valence-corrected chi connectivity index (χ3v) is 7.12. The van der Waals surface area contributed by atoms with Gasteiger partial charge in [0.05, 0.1) is 13.2 Å². The number of nitrogens with zero attached hydrogens (tertiary/aromatic N) is 2. The first kappa shape index (κ1) is 22.8. The minimum atomic E-state index is -0.188. The second-order valence-corrected chi connectivity index (χ2v) is 9.49. The van der Waals surface area contributed by atoms with E-state index in [0.29, 0.717) is 12.5 Å². The van der Waals surface area contributed by atoms with Crippen LogP contribution >= 0.6 is 0 Å². The molecule has 1 amide bonds. The van der Waals surface area contributed by atoms with Gasteiger partial charge in [-0.05, 0) is 79.6 Å². The fourth-order valence-electron chi connectivity index (χ4n) is 5.42. The summed E-state index contributed by atoms with van der Waals surface area (Å²) in [6, 6.07) is 13.3. The average Bonchev–Trinajstić information content (AvgIpc) is 2.81. The summed E-state index contributed by atoms with van der Waals surface area (Å²) in [5.74, 6) is 1.42. The zero-order valence-corrected chi connectivity index (χ0v) is 19.5. The number of fused-ring (bicyclic) bond motifs is 1. The summed E-state index contributed by atoms with van der Waals surface area (Å²) < 4.78 is 19.2. The molecule has 32 heavy (non-hydrogen) atoms. The molecular weight excluding hydrogens is 403 g/mol. The first-order valence-electron chi connectivity index (χ1n) is 11.9. The molecule has 2 aromatic carbocycles. The summed E-state index contributed by atoms with van der Waals surface area (Å²) in [4.78, 5) is 18.1. The molecule has 1 fully saturated rings. The van der Waals surface area contributed by atoms with Gasteiger partial charge in [0.1, 0.15) is 11.6 Å². The van der Waals surface area contributed by atoms with Crippen molar-refractivity contribution >= 4 is 5.91 Å². The van der Waals surface area contributed by atoms with E-state index in [2.05, 4.69) is 35.8 Å². The van der Waals surface area contributed by atoms with E-state index >= 15 is 0 Å². The number of rotatable bonds is 6. The Morgan fingerprint density at radius 3 is 2.59 bits per heavy atom. The fourth-order valence-corrected chi connectivity index (χ4v) is 5.42. The topological polar surface area (TPSA) is 32.8 Å². The molecule has 5 heteroatoms. The van der Waals surface area contributed by atoms with Gasteiger partial charge in [-0.2, -0.15) is 0 Å². The Hall–Kier alpha value is -2.40. The molecule has 0 saturated carbocycles. The number of hydrogen-bond donors (Lipinski definition) is 0. The van der Waals surface area contributed by atoms with E-state index in [1.165, 1.54) is 11.6 Å². The highest BCUT2D eigenvalue weighted by Crippen LogP contribution is 2.37. The van der Waals surface area contributed by atoms with Crippen LogP contribution in [0.1, 0.15) is 49.4 Å². The predicted octanol–water partition coefficient (Wildman–Crippen LogP) is 4.87. The van der Waals surface area contributed by atoms with Gasteiger partial charge in [-0.25, -0.2) is 4.39 Å². The van der Waals surface area contributed by atoms with Crippen molar-refractivity contribution in [2.75, 3.05) is 33.3 Å². The van der Waals surface area contributed by atoms with E-state index < -0.39 is 0 Å². The number of methoxy groups -OCH3 is 1. The minimum Gasteiger partial charge on any atom is -0.496 e. The molecule has 172 valence electrons. The summed E-state index contributed by atoms with van der Waals surface area (Å²) in [7, 11) is 1.72. The second-order valence-electron chi connectivity index (χ2n) is 9.49. The number of halogens is 1. The van der Waals surface area contributed by atoms with Crippen molar-refractivity contribution in [2.45, 2.75) is 45.6 Å². The monoisotopic (exact) mass is 438 g/mol. The van der Waals surface area contributed by atoms with Gasteiger partial charge in [0.2, 0.25) is 5.91 Å². The standard InChI is InChI=1S/C27H35FN2O2/c1-19(2)26-24-9-8-23(28)18-22(24)13-17-30(26)27(31)21-11-15-29(16-12-21)14-10-20-6-4-5-7-25(20)32-3/h4-9,18-19,21,26H,10-17H2,1-3H3. The lowest BCUT2D eigenvalue weighted by Crippen LogP contribution is -2.47. The Morgan fingerprint density at radius 2 is 1.88 bits per heavy atom. The van der Waals surface area contributed by atoms with Crippen LogP contribution in [-0.2, 0) is 17.6 Å². The van der Waals surface area contributed by atoms with Crippen molar-refractivity contribution in [1.29, 1.82) is 0 Å². The molecule has 2 aromatic rings. The molecule has 0 N–H and O–H groups in total. The highest BCUT2D eigenvalue weighted by Gasteiger charge is 2.37. The van der Waals surface area contributed by atoms with Crippen LogP contribution in [-0.4, -0.2) is 49.0 Å². The molecule has 0 aliphatic carbocycles. The first-order valence-corrected chi connectivity index (χ1v) is 11.9. The van der Waals surface area contributed by atoms with Crippen LogP contribution in [0.15, 0.2) is 42.5 Å². The number of carbonyl (C=O) groups is 1. The van der Waals surface area contributed by atoms with E-state index in [1.54, 1.807) is 13.2 Å². The first-order chi connectivity index (χ1) is 15.5. The number of amides is 1. The fraction of sp³-hybridized carbons (Fsp3) is 0.519. The second kappa shape index (κ2) is 10.0. The maximum atomic E-state index is 13.7. The van der Waals surface area contributed by atoms with Crippen LogP contribution in [0.2, 0.25) is 0 Å². The van der Waals surface area contributed by atoms with Crippen molar-refractivity contribution in [1.82, 2.24) is 9.80 Å². The molecule has 1 unspecified atom stereocenters. The van der Waals surface area contributed by atoms with Crippen LogP contribution in [0.25, 0.3) is 0 Å². The normalized spacial score (nSPS) is 19.8. The Bertz CT molecular complexity index is 937. The predicted molar refractivity (Wildman–Crippen MR) is 125 cm³/mol. The molecule has 0 bridgehead atoms. The summed E-state index contributed by atoms with van der Waals surface area (Å²) in [6.07, 6.45) is 3.50. The molecule has 4 rings (SSSR count). The molecule has 1 saturated heterocycles. The number of ether oxygens (including phenoxy) is 1. The lowest BCUT2D eigenvalue weighted by molar-refractivity contribution is -0.141. The van der Waals surface area contributed by atoms with Gasteiger partial charge in [-0.3, -0.25) is 4.79 Å². The van der Waals surface area contributed by atoms with E-state index in [0.717, 1.165) is 62.2 Å². The van der Waals surface area contributed by atoms with Gasteiger partial charge in [-0.1, -0.05) is 38.1 Å². The Balaban J connectivity index is 1.36. The minimum absolute atomic E-state index is 0.0374. The molecule has 2 aliphatic rings. The lowest BCUT2D eigenvalue weighted by atomic mass is 9.84. The van der Waals surface area contributed by atoms with Crippen LogP contribution in [0.3, 0.4) is 0 Å². The number of piperidine rings is 1. The quantitative estimate of drug-likeness (QED) is 0.645. The van der Waals surface area contributed by atoms with E-state index in [4.69, 9.17) is 4.74 Å². The van der Waals surface area contributed by atoms with E-state index in [-0.39, 0.29) is 23.7 Å². The summed E-state index contributed by atoms with van der Waals surface area (Å²) in [6.45, 7) is 7.89. The van der Waals surface area contributed by atoms with Gasteiger partial charge in [-0.15, -0.1) is 0 Å². The molecule has 0 radical (unpaired) electrons. The van der Waals surface area contributed by atoms with E-state index in [9.17, 15) is 9.18 Å². The molecular formula is C27H35FN2O2. The average molecular weight is 439 g/mol. The van der Waals surface area contributed by atoms with Gasteiger partial charge in [0, 0.05) is 19.0 Å². The third kappa shape index (κ3) is 4.83. The molecule has 4 nitrogen and oxygen atoms in total. The number of benzene rings is 2. The summed E-state index contributed by atoms with van der Waals surface area (Å²) in [5.41, 5.74) is 3.41. The molecule has 2 aliphatic heterocycles. The Labute approximate surface area is 191 Å². The number of hydrogen-bond acceptors (Lipinski definition) is 3. The maximum absolute atomic E-state index is 13.7. The lowest BCUT2D eigenvalue weighted by Gasteiger charge is -2.42. The number of likely N-dealkylation sites (tertiary alicyclic amines) is 1. The van der Waals surface area contributed by atoms with Crippen molar-refractivity contribution in [2.24, 2.45) is 11.8 Å². The van der Waals surface area contributed by atoms with Crippen LogP contribution in [0.4, 0.5) is 4.39 Å². The van der Waals surface area contributed by atoms with Gasteiger partial charge in [0.25, 0.3) is 0 Å². The van der Waals surface area contributed by atoms with Crippen molar-refractivity contribution < 1.29 is 13.9 Å².